The summed E-state index contributed by atoms with van der Waals surface area (Å²) in [6, 6.07) is 5.15. The third-order valence-electron chi connectivity index (χ3n) is 10.3. The number of anilines is 1. The Morgan fingerprint density at radius 2 is 1.71 bits per heavy atom. The second-order valence-electron chi connectivity index (χ2n) is 11.8. The molecule has 8 heteroatoms. The van der Waals surface area contributed by atoms with Crippen molar-refractivity contribution in [3.63, 3.8) is 0 Å². The van der Waals surface area contributed by atoms with Gasteiger partial charge >= 0.3 is 6.18 Å². The van der Waals surface area contributed by atoms with Crippen LogP contribution in [0.4, 0.5) is 23.2 Å². The van der Waals surface area contributed by atoms with Crippen LogP contribution in [0.5, 0.6) is 0 Å². The average molecular weight is 495 g/mol. The molecule has 1 aliphatic heterocycles. The van der Waals surface area contributed by atoms with Gasteiger partial charge in [-0.25, -0.2) is 4.39 Å². The number of amides is 2. The van der Waals surface area contributed by atoms with Crippen molar-refractivity contribution in [2.45, 2.75) is 77.2 Å². The highest BCUT2D eigenvalue weighted by Gasteiger charge is 2.63. The number of nitrogens with zero attached hydrogens (tertiary/aromatic N) is 1. The van der Waals surface area contributed by atoms with Crippen LogP contribution >= 0.6 is 0 Å². The lowest BCUT2D eigenvalue weighted by molar-refractivity contribution is -0.169. The summed E-state index contributed by atoms with van der Waals surface area (Å²) in [7, 11) is 1.72. The Labute approximate surface area is 203 Å². The molecule has 0 radical (unpaired) electrons. The van der Waals surface area contributed by atoms with E-state index in [1.807, 2.05) is 0 Å². The predicted molar refractivity (Wildman–Crippen MR) is 124 cm³/mol. The van der Waals surface area contributed by atoms with Gasteiger partial charge in [0.1, 0.15) is 0 Å². The molecule has 4 nitrogen and oxygen atoms in total. The lowest BCUT2D eigenvalue weighted by atomic mass is 9.46. The van der Waals surface area contributed by atoms with E-state index in [2.05, 4.69) is 19.2 Å². The maximum Gasteiger partial charge on any atom is 0.418 e. The number of rotatable bonds is 2. The number of nitrogens with one attached hydrogen (secondary N) is 1. The molecule has 1 saturated heterocycles. The first kappa shape index (κ1) is 24.6. The molecule has 1 heterocycles. The van der Waals surface area contributed by atoms with Crippen LogP contribution < -0.4 is 5.32 Å². The lowest BCUT2D eigenvalue weighted by Crippen LogP contribution is -2.64. The molecule has 2 amide bonds. The van der Waals surface area contributed by atoms with E-state index < -0.39 is 23.8 Å². The topological polar surface area (TPSA) is 49.4 Å². The Balaban J connectivity index is 1.37. The first-order valence-electron chi connectivity index (χ1n) is 12.8. The maximum atomic E-state index is 14.7. The van der Waals surface area contributed by atoms with Crippen LogP contribution in [0.3, 0.4) is 0 Å². The zero-order valence-electron chi connectivity index (χ0n) is 20.5. The number of halogens is 4. The summed E-state index contributed by atoms with van der Waals surface area (Å²) < 4.78 is 55.1. The molecule has 5 rings (SSSR count). The highest BCUT2D eigenvalue weighted by molar-refractivity contribution is 5.94. The third-order valence-corrected chi connectivity index (χ3v) is 10.3. The maximum absolute atomic E-state index is 14.7. The zero-order chi connectivity index (χ0) is 25.3. The molecule has 8 atom stereocenters. The summed E-state index contributed by atoms with van der Waals surface area (Å²) in [5.41, 5.74) is -1.62. The molecule has 3 saturated carbocycles. The van der Waals surface area contributed by atoms with E-state index >= 15 is 0 Å². The number of alkyl halides is 4. The number of para-hydroxylation sites is 1. The van der Waals surface area contributed by atoms with Crippen molar-refractivity contribution in [2.75, 3.05) is 12.4 Å². The second-order valence-corrected chi connectivity index (χ2v) is 11.8. The van der Waals surface area contributed by atoms with Crippen molar-refractivity contribution < 1.29 is 27.2 Å². The highest BCUT2D eigenvalue weighted by Crippen LogP contribution is 2.66. The van der Waals surface area contributed by atoms with Crippen LogP contribution in [0.25, 0.3) is 0 Å². The van der Waals surface area contributed by atoms with Crippen LogP contribution in [0.15, 0.2) is 24.3 Å². The SMILES string of the molecule is CN1C(=O)[C@H](F)C[C@]2(C)C3CC[C@]4(C)C(C(=O)Nc5ccccc5C(F)(F)F)CC[C@H]4C3CC[C@@H]12. The largest absolute Gasteiger partial charge is 0.418 e. The number of fused-ring (bicyclic) bond motifs is 5. The fourth-order valence-corrected chi connectivity index (χ4v) is 8.70. The van der Waals surface area contributed by atoms with Crippen LogP contribution in [0.2, 0.25) is 0 Å². The molecule has 3 aliphatic carbocycles. The second kappa shape index (κ2) is 8.20. The van der Waals surface area contributed by atoms with E-state index in [0.29, 0.717) is 12.3 Å². The number of piperidine rings is 1. The summed E-state index contributed by atoms with van der Waals surface area (Å²) in [6.45, 7) is 4.27. The Kier molecular flexibility index (Phi) is 5.76. The minimum absolute atomic E-state index is 0.0342. The van der Waals surface area contributed by atoms with E-state index in [9.17, 15) is 27.2 Å². The smallest absolute Gasteiger partial charge is 0.340 e. The first-order chi connectivity index (χ1) is 16.4. The normalized spacial score (nSPS) is 41.1. The van der Waals surface area contributed by atoms with E-state index in [1.54, 1.807) is 11.9 Å². The molecule has 3 unspecified atom stereocenters. The van der Waals surface area contributed by atoms with Crippen LogP contribution in [-0.2, 0) is 15.8 Å². The third kappa shape index (κ3) is 3.69. The summed E-state index contributed by atoms with van der Waals surface area (Å²) in [4.78, 5) is 27.3. The van der Waals surface area contributed by atoms with Gasteiger partial charge in [-0.05, 0) is 85.7 Å². The minimum atomic E-state index is -4.54. The van der Waals surface area contributed by atoms with Crippen LogP contribution in [0, 0.1) is 34.5 Å². The van der Waals surface area contributed by atoms with Gasteiger partial charge in [-0.1, -0.05) is 26.0 Å². The molecule has 1 aromatic rings. The standard InChI is InChI=1S/C27H34F4N2O2/c1-25-13-12-17-15(8-11-22-26(17,2)14-20(28)24(35)33(22)3)16(25)9-10-19(25)23(34)32-21-7-5-4-6-18(21)27(29,30)31/h4-7,15-17,19-20,22H,8-14H2,1-3H3,(H,32,34)/t15?,16-,17?,19?,20+,22+,25-,26+/m0/s1. The van der Waals surface area contributed by atoms with E-state index in [-0.39, 0.29) is 52.6 Å². The van der Waals surface area contributed by atoms with Crippen LogP contribution in [-0.4, -0.2) is 36.0 Å². The van der Waals surface area contributed by atoms with E-state index in [0.717, 1.165) is 38.2 Å². The van der Waals surface area contributed by atoms with Gasteiger partial charge in [0.25, 0.3) is 5.91 Å². The van der Waals surface area contributed by atoms with Gasteiger partial charge in [0.05, 0.1) is 11.3 Å². The van der Waals surface area contributed by atoms with Gasteiger partial charge in [0.2, 0.25) is 5.91 Å². The van der Waals surface area contributed by atoms with E-state index in [1.165, 1.54) is 18.2 Å². The summed E-state index contributed by atoms with van der Waals surface area (Å²) >= 11 is 0. The lowest BCUT2D eigenvalue weighted by Gasteiger charge is -2.62. The zero-order valence-corrected chi connectivity index (χ0v) is 20.5. The molecule has 4 fully saturated rings. The summed E-state index contributed by atoms with van der Waals surface area (Å²) in [5.74, 6) is -0.219. The summed E-state index contributed by atoms with van der Waals surface area (Å²) in [5, 5.41) is 2.61. The molecule has 0 spiro atoms. The molecule has 0 bridgehead atoms. The summed E-state index contributed by atoms with van der Waals surface area (Å²) in [6.07, 6.45) is -0.856. The Hall–Kier alpha value is -2.12. The number of hydrogen-bond acceptors (Lipinski definition) is 2. The quantitative estimate of drug-likeness (QED) is 0.507. The molecule has 1 aromatic carbocycles. The molecule has 4 aliphatic rings. The van der Waals surface area contributed by atoms with Gasteiger partial charge in [0, 0.05) is 19.0 Å². The van der Waals surface area contributed by atoms with Crippen molar-refractivity contribution in [1.29, 1.82) is 0 Å². The molecular formula is C27H34F4N2O2. The average Bonchev–Trinajstić information content (AvgIpc) is 3.14. The molecule has 1 N–H and O–H groups in total. The number of benzene rings is 1. The van der Waals surface area contributed by atoms with E-state index in [4.69, 9.17) is 0 Å². The number of carbonyl (C=O) groups excluding carboxylic acids is 2. The van der Waals surface area contributed by atoms with Gasteiger partial charge in [-0.2, -0.15) is 13.2 Å². The Morgan fingerprint density at radius 3 is 2.43 bits per heavy atom. The van der Waals surface area contributed by atoms with Crippen molar-refractivity contribution >= 4 is 17.5 Å². The van der Waals surface area contributed by atoms with Gasteiger partial charge in [-0.15, -0.1) is 0 Å². The molecule has 35 heavy (non-hydrogen) atoms. The minimum Gasteiger partial charge on any atom is -0.340 e. The molecule has 0 aromatic heterocycles. The molecule has 192 valence electrons. The van der Waals surface area contributed by atoms with Crippen molar-refractivity contribution in [2.24, 2.45) is 34.5 Å². The first-order valence-corrected chi connectivity index (χ1v) is 12.8. The molecular weight excluding hydrogens is 460 g/mol. The van der Waals surface area contributed by atoms with Crippen molar-refractivity contribution in [3.05, 3.63) is 29.8 Å². The predicted octanol–water partition coefficient (Wildman–Crippen LogP) is 6.07. The fraction of sp³-hybridized carbons (Fsp3) is 0.704. The Bertz CT molecular complexity index is 1030. The van der Waals surface area contributed by atoms with Gasteiger partial charge < -0.3 is 10.2 Å². The van der Waals surface area contributed by atoms with Crippen LogP contribution in [0.1, 0.15) is 64.4 Å². The number of hydrogen-bond donors (Lipinski definition) is 1. The number of likely N-dealkylation sites (tertiary alicyclic amines) is 1. The van der Waals surface area contributed by atoms with Gasteiger partial charge in [-0.3, -0.25) is 9.59 Å². The van der Waals surface area contributed by atoms with Gasteiger partial charge in [0.15, 0.2) is 6.17 Å². The highest BCUT2D eigenvalue weighted by atomic mass is 19.4. The van der Waals surface area contributed by atoms with Crippen molar-refractivity contribution in [3.8, 4) is 0 Å². The number of carbonyl (C=O) groups is 2. The van der Waals surface area contributed by atoms with Crippen molar-refractivity contribution in [1.82, 2.24) is 4.90 Å². The fourth-order valence-electron chi connectivity index (χ4n) is 8.70. The monoisotopic (exact) mass is 494 g/mol. The Morgan fingerprint density at radius 1 is 1.03 bits per heavy atom.